The minimum Gasteiger partial charge on any atom is -0.368 e. The van der Waals surface area contributed by atoms with Gasteiger partial charge in [0.2, 0.25) is 0 Å². The number of hydrogen-bond donors (Lipinski definition) is 2. The van der Waals surface area contributed by atoms with Crippen LogP contribution in [0.1, 0.15) is 18.7 Å². The molecule has 0 saturated carbocycles. The maximum Gasteiger partial charge on any atom is 0.253 e. The molecule has 0 radical (unpaired) electrons. The number of carbonyl (C=O) groups excluding carboxylic acids is 1. The zero-order chi connectivity index (χ0) is 13.9. The molecule has 2 N–H and O–H groups in total. The summed E-state index contributed by atoms with van der Waals surface area (Å²) in [5.41, 5.74) is 2.71. The van der Waals surface area contributed by atoms with E-state index in [0.717, 1.165) is 35.6 Å². The molecule has 1 amide bonds. The number of amides is 1. The van der Waals surface area contributed by atoms with Crippen molar-refractivity contribution in [1.82, 2.24) is 9.97 Å². The summed E-state index contributed by atoms with van der Waals surface area (Å²) in [6.45, 7) is 2.58. The summed E-state index contributed by atoms with van der Waals surface area (Å²) >= 11 is 0. The number of ether oxygens (including phenoxy) is 1. The highest BCUT2D eigenvalue weighted by Gasteiger charge is 2.23. The molecule has 1 atom stereocenters. The molecule has 0 spiro atoms. The first-order chi connectivity index (χ1) is 9.72. The van der Waals surface area contributed by atoms with E-state index in [4.69, 9.17) is 4.74 Å². The number of nitrogens with zero attached hydrogens (tertiary/aromatic N) is 1. The van der Waals surface area contributed by atoms with Crippen molar-refractivity contribution in [2.75, 3.05) is 11.9 Å². The normalized spacial score (nSPS) is 18.1. The number of carbonyl (C=O) groups is 1. The largest absolute Gasteiger partial charge is 0.368 e. The summed E-state index contributed by atoms with van der Waals surface area (Å²) in [5, 5.41) is 2.90. The van der Waals surface area contributed by atoms with Crippen molar-refractivity contribution in [1.29, 1.82) is 0 Å². The van der Waals surface area contributed by atoms with Gasteiger partial charge in [-0.3, -0.25) is 4.79 Å². The lowest BCUT2D eigenvalue weighted by Gasteiger charge is -2.11. The third kappa shape index (κ3) is 2.72. The number of rotatable bonds is 3. The van der Waals surface area contributed by atoms with Crippen LogP contribution in [0.15, 0.2) is 30.5 Å². The summed E-state index contributed by atoms with van der Waals surface area (Å²) in [6, 6.07) is 7.70. The molecule has 20 heavy (non-hydrogen) atoms. The zero-order valence-corrected chi connectivity index (χ0v) is 11.3. The molecule has 1 saturated heterocycles. The van der Waals surface area contributed by atoms with Gasteiger partial charge in [0.05, 0.1) is 11.9 Å². The van der Waals surface area contributed by atoms with Gasteiger partial charge in [-0.05, 0) is 31.9 Å². The van der Waals surface area contributed by atoms with E-state index in [1.165, 1.54) is 0 Å². The summed E-state index contributed by atoms with van der Waals surface area (Å²) in [4.78, 5) is 19.4. The number of aromatic nitrogens is 2. The first-order valence-corrected chi connectivity index (χ1v) is 6.77. The molecule has 1 aromatic heterocycles. The Morgan fingerprint density at radius 2 is 2.40 bits per heavy atom. The number of aromatic amines is 1. The Balaban J connectivity index is 1.75. The molecule has 5 heteroatoms. The van der Waals surface area contributed by atoms with Crippen molar-refractivity contribution in [3.8, 4) is 11.3 Å². The second-order valence-corrected chi connectivity index (χ2v) is 4.95. The van der Waals surface area contributed by atoms with Crippen LogP contribution in [0.5, 0.6) is 0 Å². The van der Waals surface area contributed by atoms with Gasteiger partial charge in [0.25, 0.3) is 5.91 Å². The Morgan fingerprint density at radius 3 is 3.10 bits per heavy atom. The Morgan fingerprint density at radius 1 is 1.50 bits per heavy atom. The first kappa shape index (κ1) is 12.9. The third-order valence-electron chi connectivity index (χ3n) is 3.37. The Bertz CT molecular complexity index is 615. The highest BCUT2D eigenvalue weighted by Crippen LogP contribution is 2.22. The number of benzene rings is 1. The van der Waals surface area contributed by atoms with Gasteiger partial charge in [0.15, 0.2) is 0 Å². The van der Waals surface area contributed by atoms with Crippen LogP contribution in [-0.2, 0) is 9.53 Å². The van der Waals surface area contributed by atoms with Crippen molar-refractivity contribution in [2.45, 2.75) is 25.9 Å². The van der Waals surface area contributed by atoms with Gasteiger partial charge in [-0.1, -0.05) is 12.1 Å². The van der Waals surface area contributed by atoms with Crippen LogP contribution >= 0.6 is 0 Å². The fourth-order valence-corrected chi connectivity index (χ4v) is 2.34. The molecule has 2 aromatic rings. The lowest BCUT2D eigenvalue weighted by atomic mass is 10.1. The van der Waals surface area contributed by atoms with Crippen LogP contribution in [0.25, 0.3) is 11.3 Å². The van der Waals surface area contributed by atoms with Gasteiger partial charge in [-0.15, -0.1) is 0 Å². The highest BCUT2D eigenvalue weighted by molar-refractivity contribution is 5.94. The van der Waals surface area contributed by atoms with Crippen LogP contribution in [0.2, 0.25) is 0 Å². The molecule has 5 nitrogen and oxygen atoms in total. The summed E-state index contributed by atoms with van der Waals surface area (Å²) < 4.78 is 5.38. The average Bonchev–Trinajstić information content (AvgIpc) is 3.10. The minimum absolute atomic E-state index is 0.0690. The number of hydrogen-bond acceptors (Lipinski definition) is 3. The molecule has 3 rings (SSSR count). The lowest BCUT2D eigenvalue weighted by molar-refractivity contribution is -0.124. The van der Waals surface area contributed by atoms with E-state index in [-0.39, 0.29) is 12.0 Å². The van der Waals surface area contributed by atoms with Gasteiger partial charge in [0, 0.05) is 17.9 Å². The molecule has 104 valence electrons. The van der Waals surface area contributed by atoms with E-state index in [0.29, 0.717) is 6.61 Å². The third-order valence-corrected chi connectivity index (χ3v) is 3.37. The smallest absolute Gasteiger partial charge is 0.253 e. The molecule has 1 aliphatic rings. The summed E-state index contributed by atoms with van der Waals surface area (Å²) in [5.74, 6) is 0.800. The monoisotopic (exact) mass is 271 g/mol. The van der Waals surface area contributed by atoms with Gasteiger partial charge < -0.3 is 15.0 Å². The maximum absolute atomic E-state index is 12.0. The molecular formula is C15H17N3O2. The van der Waals surface area contributed by atoms with Crippen LogP contribution in [0.4, 0.5) is 5.69 Å². The van der Waals surface area contributed by atoms with Crippen molar-refractivity contribution >= 4 is 11.6 Å². The van der Waals surface area contributed by atoms with Crippen molar-refractivity contribution < 1.29 is 9.53 Å². The van der Waals surface area contributed by atoms with Crippen molar-refractivity contribution in [2.24, 2.45) is 0 Å². The van der Waals surface area contributed by atoms with E-state index >= 15 is 0 Å². The van der Waals surface area contributed by atoms with Crippen LogP contribution in [0.3, 0.4) is 0 Å². The number of imidazole rings is 1. The molecular weight excluding hydrogens is 254 g/mol. The van der Waals surface area contributed by atoms with E-state index in [1.54, 1.807) is 6.20 Å². The minimum atomic E-state index is -0.312. The molecule has 2 heterocycles. The SMILES string of the molecule is Cc1ncc(-c2cccc(NC(=O)C3CCCO3)c2)[nH]1. The van der Waals surface area contributed by atoms with Crippen LogP contribution in [-0.4, -0.2) is 28.6 Å². The van der Waals surface area contributed by atoms with E-state index in [2.05, 4.69) is 15.3 Å². The van der Waals surface area contributed by atoms with E-state index in [9.17, 15) is 4.79 Å². The van der Waals surface area contributed by atoms with Crippen molar-refractivity contribution in [3.05, 3.63) is 36.3 Å². The molecule has 1 aliphatic heterocycles. The topological polar surface area (TPSA) is 67.0 Å². The zero-order valence-electron chi connectivity index (χ0n) is 11.3. The highest BCUT2D eigenvalue weighted by atomic mass is 16.5. The fraction of sp³-hybridized carbons (Fsp3) is 0.333. The second-order valence-electron chi connectivity index (χ2n) is 4.95. The van der Waals surface area contributed by atoms with E-state index < -0.39 is 0 Å². The van der Waals surface area contributed by atoms with Gasteiger partial charge in [-0.25, -0.2) is 4.98 Å². The Hall–Kier alpha value is -2.14. The molecule has 0 bridgehead atoms. The van der Waals surface area contributed by atoms with Gasteiger partial charge in [0.1, 0.15) is 11.9 Å². The number of nitrogens with one attached hydrogen (secondary N) is 2. The fourth-order valence-electron chi connectivity index (χ4n) is 2.34. The molecule has 1 fully saturated rings. The average molecular weight is 271 g/mol. The summed E-state index contributed by atoms with van der Waals surface area (Å²) in [7, 11) is 0. The number of anilines is 1. The van der Waals surface area contributed by atoms with Gasteiger partial charge in [-0.2, -0.15) is 0 Å². The van der Waals surface area contributed by atoms with Crippen LogP contribution in [0, 0.1) is 6.92 Å². The van der Waals surface area contributed by atoms with E-state index in [1.807, 2.05) is 31.2 Å². The van der Waals surface area contributed by atoms with Crippen molar-refractivity contribution in [3.63, 3.8) is 0 Å². The molecule has 1 unspecified atom stereocenters. The number of H-pyrrole nitrogens is 1. The lowest BCUT2D eigenvalue weighted by Crippen LogP contribution is -2.26. The number of aryl methyl sites for hydroxylation is 1. The standard InChI is InChI=1S/C15H17N3O2/c1-10-16-9-13(17-10)11-4-2-5-12(8-11)18-15(19)14-6-3-7-20-14/h2,4-5,8-9,14H,3,6-7H2,1H3,(H,16,17)(H,18,19). The van der Waals surface area contributed by atoms with Gasteiger partial charge >= 0.3 is 0 Å². The predicted molar refractivity (Wildman–Crippen MR) is 76.4 cm³/mol. The second kappa shape index (κ2) is 5.46. The molecule has 0 aliphatic carbocycles. The predicted octanol–water partition coefficient (Wildman–Crippen LogP) is 2.50. The molecule has 1 aromatic carbocycles. The Kier molecular flexibility index (Phi) is 3.52. The van der Waals surface area contributed by atoms with Crippen LogP contribution < -0.4 is 5.32 Å². The Labute approximate surface area is 117 Å². The first-order valence-electron chi connectivity index (χ1n) is 6.77. The summed E-state index contributed by atoms with van der Waals surface area (Å²) in [6.07, 6.45) is 3.22. The quantitative estimate of drug-likeness (QED) is 0.901. The maximum atomic E-state index is 12.0.